The molecule has 2 fully saturated rings. The number of anilines is 1. The van der Waals surface area contributed by atoms with Gasteiger partial charge in [-0.2, -0.15) is 0 Å². The maximum atomic E-state index is 13.9. The van der Waals surface area contributed by atoms with Gasteiger partial charge in [-0.3, -0.25) is 4.79 Å². The molecule has 6 heteroatoms. The first-order chi connectivity index (χ1) is 11.6. The SMILES string of the molecule is CC(C)[C@H]1OCCC[C@H]1C(=O)N1CCN(c2ncccc2F)CC1. The van der Waals surface area contributed by atoms with E-state index in [-0.39, 0.29) is 23.7 Å². The lowest BCUT2D eigenvalue weighted by atomic mass is 9.86. The molecule has 2 saturated heterocycles. The van der Waals surface area contributed by atoms with Crippen molar-refractivity contribution in [2.24, 2.45) is 11.8 Å². The van der Waals surface area contributed by atoms with Crippen LogP contribution in [0.4, 0.5) is 10.2 Å². The van der Waals surface area contributed by atoms with Crippen molar-refractivity contribution in [2.75, 3.05) is 37.7 Å². The Balaban J connectivity index is 1.61. The van der Waals surface area contributed by atoms with Crippen molar-refractivity contribution in [3.63, 3.8) is 0 Å². The fourth-order valence-electron chi connectivity index (χ4n) is 3.71. The number of hydrogen-bond donors (Lipinski definition) is 0. The number of carbonyl (C=O) groups excluding carboxylic acids is 1. The minimum atomic E-state index is -0.308. The molecule has 3 heterocycles. The maximum absolute atomic E-state index is 13.9. The predicted molar refractivity (Wildman–Crippen MR) is 90.3 cm³/mol. The monoisotopic (exact) mass is 335 g/mol. The quantitative estimate of drug-likeness (QED) is 0.850. The van der Waals surface area contributed by atoms with Crippen molar-refractivity contribution in [2.45, 2.75) is 32.8 Å². The first kappa shape index (κ1) is 17.1. The molecule has 1 aromatic heterocycles. The van der Waals surface area contributed by atoms with Crippen LogP contribution in [-0.2, 0) is 9.53 Å². The molecule has 2 aliphatic heterocycles. The summed E-state index contributed by atoms with van der Waals surface area (Å²) < 4.78 is 19.7. The average molecular weight is 335 g/mol. The van der Waals surface area contributed by atoms with Gasteiger partial charge in [0.1, 0.15) is 0 Å². The normalized spacial score (nSPS) is 25.2. The molecule has 0 N–H and O–H groups in total. The zero-order valence-electron chi connectivity index (χ0n) is 14.4. The molecular weight excluding hydrogens is 309 g/mol. The van der Waals surface area contributed by atoms with Crippen molar-refractivity contribution in [3.8, 4) is 0 Å². The molecule has 0 unspecified atom stereocenters. The lowest BCUT2D eigenvalue weighted by molar-refractivity contribution is -0.148. The summed E-state index contributed by atoms with van der Waals surface area (Å²) in [5.74, 6) is 0.554. The number of amides is 1. The van der Waals surface area contributed by atoms with Crippen molar-refractivity contribution < 1.29 is 13.9 Å². The number of nitrogens with zero attached hydrogens (tertiary/aromatic N) is 3. The molecule has 1 amide bonds. The molecule has 0 saturated carbocycles. The van der Waals surface area contributed by atoms with Crippen molar-refractivity contribution >= 4 is 11.7 Å². The van der Waals surface area contributed by atoms with E-state index < -0.39 is 0 Å². The summed E-state index contributed by atoms with van der Waals surface area (Å²) in [6.07, 6.45) is 3.45. The summed E-state index contributed by atoms with van der Waals surface area (Å²) in [6.45, 7) is 7.40. The number of carbonyl (C=O) groups is 1. The molecule has 0 bridgehead atoms. The van der Waals surface area contributed by atoms with Crippen LogP contribution in [0.3, 0.4) is 0 Å². The topological polar surface area (TPSA) is 45.7 Å². The minimum absolute atomic E-state index is 0.0116. The van der Waals surface area contributed by atoms with E-state index in [1.54, 1.807) is 12.3 Å². The van der Waals surface area contributed by atoms with Crippen LogP contribution in [0.5, 0.6) is 0 Å². The number of aromatic nitrogens is 1. The van der Waals surface area contributed by atoms with Crippen molar-refractivity contribution in [1.82, 2.24) is 9.88 Å². The van der Waals surface area contributed by atoms with E-state index in [2.05, 4.69) is 18.8 Å². The van der Waals surface area contributed by atoms with E-state index in [9.17, 15) is 9.18 Å². The number of ether oxygens (including phenoxy) is 1. The molecule has 2 atom stereocenters. The van der Waals surface area contributed by atoms with Gasteiger partial charge in [0.2, 0.25) is 5.91 Å². The van der Waals surface area contributed by atoms with Gasteiger partial charge in [0, 0.05) is 39.0 Å². The molecule has 0 aliphatic carbocycles. The summed E-state index contributed by atoms with van der Waals surface area (Å²) in [5.41, 5.74) is 0. The molecule has 0 spiro atoms. The summed E-state index contributed by atoms with van der Waals surface area (Å²) in [4.78, 5) is 20.9. The van der Waals surface area contributed by atoms with E-state index in [4.69, 9.17) is 4.74 Å². The lowest BCUT2D eigenvalue weighted by Crippen LogP contribution is -2.53. The molecule has 1 aromatic rings. The van der Waals surface area contributed by atoms with Crippen LogP contribution >= 0.6 is 0 Å². The fraction of sp³-hybridized carbons (Fsp3) is 0.667. The van der Waals surface area contributed by atoms with Gasteiger partial charge in [0.05, 0.1) is 12.0 Å². The van der Waals surface area contributed by atoms with E-state index in [0.717, 1.165) is 19.4 Å². The van der Waals surface area contributed by atoms with Gasteiger partial charge >= 0.3 is 0 Å². The van der Waals surface area contributed by atoms with Gasteiger partial charge in [-0.25, -0.2) is 9.37 Å². The van der Waals surface area contributed by atoms with E-state index in [1.165, 1.54) is 6.07 Å². The Morgan fingerprint density at radius 1 is 1.33 bits per heavy atom. The Kier molecular flexibility index (Phi) is 5.33. The summed E-state index contributed by atoms with van der Waals surface area (Å²) in [7, 11) is 0. The highest BCUT2D eigenvalue weighted by Crippen LogP contribution is 2.28. The smallest absolute Gasteiger partial charge is 0.228 e. The van der Waals surface area contributed by atoms with E-state index in [0.29, 0.717) is 37.9 Å². The van der Waals surface area contributed by atoms with Gasteiger partial charge in [-0.15, -0.1) is 0 Å². The van der Waals surface area contributed by atoms with Crippen LogP contribution in [-0.4, -0.2) is 54.7 Å². The molecule has 0 radical (unpaired) electrons. The Morgan fingerprint density at radius 2 is 2.08 bits per heavy atom. The van der Waals surface area contributed by atoms with Crippen LogP contribution in [0.2, 0.25) is 0 Å². The van der Waals surface area contributed by atoms with Gasteiger partial charge in [0.25, 0.3) is 0 Å². The summed E-state index contributed by atoms with van der Waals surface area (Å²) >= 11 is 0. The van der Waals surface area contributed by atoms with E-state index in [1.807, 2.05) is 9.80 Å². The third kappa shape index (κ3) is 3.53. The number of halogens is 1. The lowest BCUT2D eigenvalue weighted by Gasteiger charge is -2.40. The first-order valence-corrected chi connectivity index (χ1v) is 8.84. The summed E-state index contributed by atoms with van der Waals surface area (Å²) in [6, 6.07) is 3.01. The van der Waals surface area contributed by atoms with Gasteiger partial charge in [-0.1, -0.05) is 13.8 Å². The maximum Gasteiger partial charge on any atom is 0.228 e. The Hall–Kier alpha value is -1.69. The standard InChI is InChI=1S/C18H26FN3O2/c1-13(2)16-14(5-4-12-24-16)18(23)22-10-8-21(9-11-22)17-15(19)6-3-7-20-17/h3,6-7,13-14,16H,4-5,8-12H2,1-2H3/t14-,16-/m1/s1. The van der Waals surface area contributed by atoms with Crippen molar-refractivity contribution in [3.05, 3.63) is 24.1 Å². The summed E-state index contributed by atoms with van der Waals surface area (Å²) in [5, 5.41) is 0. The Bertz CT molecular complexity index is 573. The fourth-order valence-corrected chi connectivity index (χ4v) is 3.71. The van der Waals surface area contributed by atoms with Crippen LogP contribution in [0.15, 0.2) is 18.3 Å². The second-order valence-corrected chi connectivity index (χ2v) is 6.95. The zero-order valence-corrected chi connectivity index (χ0v) is 14.4. The van der Waals surface area contributed by atoms with Gasteiger partial charge in [-0.05, 0) is 30.9 Å². The Morgan fingerprint density at radius 3 is 2.75 bits per heavy atom. The molecule has 132 valence electrons. The molecule has 3 rings (SSSR count). The van der Waals surface area contributed by atoms with Crippen LogP contribution < -0.4 is 4.90 Å². The first-order valence-electron chi connectivity index (χ1n) is 8.84. The second kappa shape index (κ2) is 7.47. The largest absolute Gasteiger partial charge is 0.377 e. The minimum Gasteiger partial charge on any atom is -0.377 e. The van der Waals surface area contributed by atoms with Crippen molar-refractivity contribution in [1.29, 1.82) is 0 Å². The van der Waals surface area contributed by atoms with E-state index >= 15 is 0 Å². The molecule has 5 nitrogen and oxygen atoms in total. The van der Waals surface area contributed by atoms with Gasteiger partial charge in [0.15, 0.2) is 11.6 Å². The highest BCUT2D eigenvalue weighted by molar-refractivity contribution is 5.80. The predicted octanol–water partition coefficient (Wildman–Crippen LogP) is 2.32. The third-order valence-corrected chi connectivity index (χ3v) is 4.97. The molecule has 24 heavy (non-hydrogen) atoms. The zero-order chi connectivity index (χ0) is 17.1. The third-order valence-electron chi connectivity index (χ3n) is 4.97. The van der Waals surface area contributed by atoms with Crippen LogP contribution in [0.1, 0.15) is 26.7 Å². The number of rotatable bonds is 3. The number of piperazine rings is 1. The molecular formula is C18H26FN3O2. The second-order valence-electron chi connectivity index (χ2n) is 6.95. The Labute approximate surface area is 142 Å². The van der Waals surface area contributed by atoms with Crippen LogP contribution in [0.25, 0.3) is 0 Å². The molecule has 0 aromatic carbocycles. The van der Waals surface area contributed by atoms with Crippen LogP contribution in [0, 0.1) is 17.7 Å². The number of pyridine rings is 1. The van der Waals surface area contributed by atoms with Gasteiger partial charge < -0.3 is 14.5 Å². The number of hydrogen-bond acceptors (Lipinski definition) is 4. The highest BCUT2D eigenvalue weighted by atomic mass is 19.1. The highest BCUT2D eigenvalue weighted by Gasteiger charge is 2.37. The molecule has 2 aliphatic rings. The average Bonchev–Trinajstić information content (AvgIpc) is 2.62.